The smallest absolute Gasteiger partial charge is 0.409 e. The Labute approximate surface area is 170 Å². The molecule has 0 atom stereocenters. The summed E-state index contributed by atoms with van der Waals surface area (Å²) in [5.74, 6) is 0. The van der Waals surface area contributed by atoms with Crippen molar-refractivity contribution >= 4 is 34.3 Å². The number of nitrogens with zero attached hydrogens (tertiary/aromatic N) is 4. The van der Waals surface area contributed by atoms with Gasteiger partial charge in [0.05, 0.1) is 16.9 Å². The summed E-state index contributed by atoms with van der Waals surface area (Å²) in [7, 11) is 0. The number of hydrogen-bond donors (Lipinski definition) is 0. The number of halogens is 1. The minimum absolute atomic E-state index is 0.0264. The number of aryl methyl sites for hydroxylation is 1. The molecular weight excluding hydrogens is 404 g/mol. The first-order valence-electron chi connectivity index (χ1n) is 9.34. The number of likely N-dealkylation sites (tertiary alicyclic amines) is 1. The Morgan fingerprint density at radius 1 is 1.28 bits per heavy atom. The Kier molecular flexibility index (Phi) is 5.92. The van der Waals surface area contributed by atoms with E-state index in [0.717, 1.165) is 10.6 Å². The van der Waals surface area contributed by atoms with E-state index in [0.29, 0.717) is 25.9 Å². The second-order valence-corrected chi connectivity index (χ2v) is 7.13. The molecule has 1 fully saturated rings. The molecule has 0 N–H and O–H groups in total. The summed E-state index contributed by atoms with van der Waals surface area (Å²) < 4.78 is 7.35. The average Bonchev–Trinajstić information content (AvgIpc) is 2.69. The van der Waals surface area contributed by atoms with Gasteiger partial charge in [0.2, 0.25) is 0 Å². The van der Waals surface area contributed by atoms with Crippen LogP contribution >= 0.6 is 11.6 Å². The molecule has 1 amide bonds. The number of piperidine rings is 1. The van der Waals surface area contributed by atoms with Crippen LogP contribution in [0.5, 0.6) is 0 Å². The van der Waals surface area contributed by atoms with Gasteiger partial charge in [0, 0.05) is 36.8 Å². The summed E-state index contributed by atoms with van der Waals surface area (Å²) in [5.41, 5.74) is -1.63. The summed E-state index contributed by atoms with van der Waals surface area (Å²) in [6, 6.07) is 2.06. The minimum Gasteiger partial charge on any atom is -0.450 e. The third-order valence-corrected chi connectivity index (χ3v) is 5.30. The number of benzene rings is 1. The molecule has 0 bridgehead atoms. The number of rotatable bonds is 4. The molecule has 2 aromatic rings. The first-order chi connectivity index (χ1) is 13.8. The maximum absolute atomic E-state index is 13.1. The van der Waals surface area contributed by atoms with E-state index < -0.39 is 28.3 Å². The molecule has 156 valence electrons. The number of nitro groups is 1. The van der Waals surface area contributed by atoms with Gasteiger partial charge in [-0.3, -0.25) is 24.0 Å². The highest BCUT2D eigenvalue weighted by molar-refractivity contribution is 6.31. The van der Waals surface area contributed by atoms with E-state index in [4.69, 9.17) is 16.3 Å². The molecule has 29 heavy (non-hydrogen) atoms. The number of ether oxygens (including phenoxy) is 1. The van der Waals surface area contributed by atoms with Gasteiger partial charge in [-0.05, 0) is 32.8 Å². The zero-order valence-electron chi connectivity index (χ0n) is 16.1. The Morgan fingerprint density at radius 2 is 1.93 bits per heavy atom. The fourth-order valence-electron chi connectivity index (χ4n) is 3.75. The van der Waals surface area contributed by atoms with Crippen LogP contribution in [0.1, 0.15) is 32.7 Å². The van der Waals surface area contributed by atoms with Crippen LogP contribution in [0.15, 0.2) is 21.7 Å². The summed E-state index contributed by atoms with van der Waals surface area (Å²) in [6.07, 6.45) is 0.364. The van der Waals surface area contributed by atoms with E-state index in [9.17, 15) is 24.5 Å². The Bertz CT molecular complexity index is 1080. The second-order valence-electron chi connectivity index (χ2n) is 6.70. The lowest BCUT2D eigenvalue weighted by molar-refractivity contribution is -0.383. The summed E-state index contributed by atoms with van der Waals surface area (Å²) in [4.78, 5) is 50.4. The highest BCUT2D eigenvalue weighted by Crippen LogP contribution is 2.28. The van der Waals surface area contributed by atoms with Crippen LogP contribution in [0.3, 0.4) is 0 Å². The number of carbonyl (C=O) groups excluding carboxylic acids is 1. The van der Waals surface area contributed by atoms with Crippen molar-refractivity contribution in [2.24, 2.45) is 0 Å². The standard InChI is InChI=1S/C18H21ClN4O6/c1-3-21-15-13(9-11(19)10-14(15)23(27)28)16(24)22(17(21)25)12-5-7-20(8-6-12)18(26)29-4-2/h9-10,12H,3-8H2,1-2H3. The molecule has 2 heterocycles. The third-order valence-electron chi connectivity index (χ3n) is 5.08. The molecule has 0 unspecified atom stereocenters. The van der Waals surface area contributed by atoms with Gasteiger partial charge in [-0.25, -0.2) is 9.59 Å². The van der Waals surface area contributed by atoms with Gasteiger partial charge >= 0.3 is 11.8 Å². The van der Waals surface area contributed by atoms with E-state index in [-0.39, 0.29) is 34.8 Å². The van der Waals surface area contributed by atoms with Crippen molar-refractivity contribution in [3.63, 3.8) is 0 Å². The van der Waals surface area contributed by atoms with Gasteiger partial charge in [0.25, 0.3) is 11.2 Å². The minimum atomic E-state index is -0.651. The highest BCUT2D eigenvalue weighted by Gasteiger charge is 2.29. The molecule has 11 heteroatoms. The Morgan fingerprint density at radius 3 is 2.48 bits per heavy atom. The first-order valence-corrected chi connectivity index (χ1v) is 9.72. The molecule has 1 aromatic carbocycles. The molecule has 3 rings (SSSR count). The number of carbonyl (C=O) groups is 1. The van der Waals surface area contributed by atoms with Crippen LogP contribution in [0.25, 0.3) is 10.9 Å². The van der Waals surface area contributed by atoms with Crippen LogP contribution in [-0.2, 0) is 11.3 Å². The SMILES string of the molecule is CCOC(=O)N1CCC(n2c(=O)c3cc(Cl)cc([N+](=O)[O-])c3n(CC)c2=O)CC1. The zero-order valence-corrected chi connectivity index (χ0v) is 16.8. The van der Waals surface area contributed by atoms with Gasteiger partial charge in [0.1, 0.15) is 5.52 Å². The quantitative estimate of drug-likeness (QED) is 0.550. The van der Waals surface area contributed by atoms with Crippen molar-refractivity contribution < 1.29 is 14.5 Å². The summed E-state index contributed by atoms with van der Waals surface area (Å²) in [5, 5.41) is 11.5. The second kappa shape index (κ2) is 8.24. The van der Waals surface area contributed by atoms with Crippen LogP contribution in [0.4, 0.5) is 10.5 Å². The molecule has 0 spiro atoms. The van der Waals surface area contributed by atoms with Gasteiger partial charge in [-0.15, -0.1) is 0 Å². The monoisotopic (exact) mass is 424 g/mol. The fraction of sp³-hybridized carbons (Fsp3) is 0.500. The lowest BCUT2D eigenvalue weighted by Crippen LogP contribution is -2.47. The van der Waals surface area contributed by atoms with Gasteiger partial charge in [0.15, 0.2) is 0 Å². The van der Waals surface area contributed by atoms with Crippen LogP contribution < -0.4 is 11.2 Å². The van der Waals surface area contributed by atoms with E-state index in [1.54, 1.807) is 13.8 Å². The number of non-ortho nitro benzene ring substituents is 1. The Hall–Kier alpha value is -2.88. The van der Waals surface area contributed by atoms with Gasteiger partial charge in [-0.1, -0.05) is 11.6 Å². The van der Waals surface area contributed by atoms with Gasteiger partial charge in [-0.2, -0.15) is 0 Å². The number of nitro benzene ring substituents is 1. The average molecular weight is 425 g/mol. The Balaban J connectivity index is 2.11. The molecule has 0 aliphatic carbocycles. The predicted molar refractivity (Wildman–Crippen MR) is 107 cm³/mol. The fourth-order valence-corrected chi connectivity index (χ4v) is 3.96. The normalized spacial score (nSPS) is 14.9. The van der Waals surface area contributed by atoms with Gasteiger partial charge < -0.3 is 9.64 Å². The lowest BCUT2D eigenvalue weighted by Gasteiger charge is -2.32. The van der Waals surface area contributed by atoms with Crippen molar-refractivity contribution in [1.29, 1.82) is 0 Å². The first kappa shape index (κ1) is 20.8. The largest absolute Gasteiger partial charge is 0.450 e. The van der Waals surface area contributed by atoms with Crippen molar-refractivity contribution in [2.75, 3.05) is 19.7 Å². The van der Waals surface area contributed by atoms with Crippen molar-refractivity contribution in [1.82, 2.24) is 14.0 Å². The topological polar surface area (TPSA) is 117 Å². The van der Waals surface area contributed by atoms with E-state index in [1.807, 2.05) is 0 Å². The molecule has 1 aromatic heterocycles. The predicted octanol–water partition coefficient (Wildman–Crippen LogP) is 2.54. The maximum atomic E-state index is 13.1. The maximum Gasteiger partial charge on any atom is 0.409 e. The lowest BCUT2D eigenvalue weighted by atomic mass is 10.0. The summed E-state index contributed by atoms with van der Waals surface area (Å²) >= 11 is 6.00. The van der Waals surface area contributed by atoms with Crippen LogP contribution in [0.2, 0.25) is 5.02 Å². The molecule has 1 aliphatic rings. The number of aromatic nitrogens is 2. The highest BCUT2D eigenvalue weighted by atomic mass is 35.5. The number of fused-ring (bicyclic) bond motifs is 1. The van der Waals surface area contributed by atoms with E-state index >= 15 is 0 Å². The van der Waals surface area contributed by atoms with Crippen LogP contribution in [0, 0.1) is 10.1 Å². The molecule has 1 aliphatic heterocycles. The van der Waals surface area contributed by atoms with Crippen molar-refractivity contribution in [3.05, 3.63) is 48.1 Å². The molecule has 1 saturated heterocycles. The number of hydrogen-bond acceptors (Lipinski definition) is 6. The summed E-state index contributed by atoms with van der Waals surface area (Å²) in [6.45, 7) is 4.50. The van der Waals surface area contributed by atoms with Crippen LogP contribution in [-0.4, -0.2) is 44.7 Å². The number of amides is 1. The molecular formula is C18H21ClN4O6. The van der Waals surface area contributed by atoms with Crippen molar-refractivity contribution in [3.8, 4) is 0 Å². The van der Waals surface area contributed by atoms with E-state index in [2.05, 4.69) is 0 Å². The molecule has 10 nitrogen and oxygen atoms in total. The zero-order chi connectivity index (χ0) is 21.3. The van der Waals surface area contributed by atoms with E-state index in [1.165, 1.54) is 15.5 Å². The van der Waals surface area contributed by atoms with Crippen molar-refractivity contribution in [2.45, 2.75) is 39.3 Å². The molecule has 0 saturated carbocycles. The third kappa shape index (κ3) is 3.71. The molecule has 0 radical (unpaired) electrons.